The molecule has 1 aromatic carbocycles. The first-order valence-electron chi connectivity index (χ1n) is 12.2. The van der Waals surface area contributed by atoms with Crippen LogP contribution in [0.15, 0.2) is 12.1 Å². The lowest BCUT2D eigenvalue weighted by molar-refractivity contribution is -0.119. The molecule has 31 heavy (non-hydrogen) atoms. The number of nitrogens with one attached hydrogen (secondary N) is 1. The van der Waals surface area contributed by atoms with Crippen LogP contribution in [0, 0.1) is 11.8 Å². The minimum atomic E-state index is 0.0293. The van der Waals surface area contributed by atoms with Crippen molar-refractivity contribution in [3.8, 4) is 11.5 Å². The zero-order valence-electron chi connectivity index (χ0n) is 20.0. The van der Waals surface area contributed by atoms with E-state index in [1.54, 1.807) is 21.1 Å². The van der Waals surface area contributed by atoms with E-state index in [2.05, 4.69) is 36.2 Å². The Hall–Kier alpha value is -1.75. The summed E-state index contributed by atoms with van der Waals surface area (Å²) in [5.74, 6) is 3.31. The number of ether oxygens (including phenoxy) is 2. The van der Waals surface area contributed by atoms with Gasteiger partial charge in [-0.2, -0.15) is 0 Å². The van der Waals surface area contributed by atoms with E-state index in [0.717, 1.165) is 61.7 Å². The van der Waals surface area contributed by atoms with Crippen LogP contribution in [0.1, 0.15) is 82.9 Å². The van der Waals surface area contributed by atoms with Crippen molar-refractivity contribution in [2.75, 3.05) is 27.3 Å². The summed E-state index contributed by atoms with van der Waals surface area (Å²) in [6, 6.07) is 5.04. The fourth-order valence-corrected chi connectivity index (χ4v) is 6.87. The molecule has 2 fully saturated rings. The van der Waals surface area contributed by atoms with Gasteiger partial charge in [-0.25, -0.2) is 0 Å². The van der Waals surface area contributed by atoms with Gasteiger partial charge in [0.25, 0.3) is 0 Å². The topological polar surface area (TPSA) is 50.8 Å². The molecule has 1 aromatic rings. The molecule has 1 unspecified atom stereocenters. The van der Waals surface area contributed by atoms with E-state index in [9.17, 15) is 4.79 Å². The lowest BCUT2D eigenvalue weighted by Crippen LogP contribution is -2.48. The maximum atomic E-state index is 11.9. The number of carbonyl (C=O) groups is 1. The predicted octanol–water partition coefficient (Wildman–Crippen LogP) is 4.83. The lowest BCUT2D eigenvalue weighted by Gasteiger charge is -2.45. The third kappa shape index (κ3) is 4.18. The normalized spacial score (nSPS) is 28.4. The summed E-state index contributed by atoms with van der Waals surface area (Å²) in [7, 11) is 3.38. The molecule has 2 aliphatic carbocycles. The molecule has 3 aliphatic rings. The van der Waals surface area contributed by atoms with Crippen LogP contribution in [-0.4, -0.2) is 44.2 Å². The van der Waals surface area contributed by atoms with Crippen LogP contribution in [-0.2, 0) is 10.2 Å². The highest BCUT2D eigenvalue weighted by Gasteiger charge is 2.47. The van der Waals surface area contributed by atoms with E-state index in [-0.39, 0.29) is 17.4 Å². The summed E-state index contributed by atoms with van der Waals surface area (Å²) in [4.78, 5) is 14.7. The molecule has 1 N–H and O–H groups in total. The quantitative estimate of drug-likeness (QED) is 0.705. The number of methoxy groups -OCH3 is 2. The van der Waals surface area contributed by atoms with Crippen LogP contribution >= 0.6 is 0 Å². The van der Waals surface area contributed by atoms with Crippen molar-refractivity contribution >= 4 is 5.91 Å². The first-order valence-corrected chi connectivity index (χ1v) is 12.2. The smallest absolute Gasteiger partial charge is 0.217 e. The van der Waals surface area contributed by atoms with E-state index in [0.29, 0.717) is 0 Å². The summed E-state index contributed by atoms with van der Waals surface area (Å²) >= 11 is 0. The average Bonchev–Trinajstić information content (AvgIpc) is 3.30. The predicted molar refractivity (Wildman–Crippen MR) is 124 cm³/mol. The van der Waals surface area contributed by atoms with Crippen LogP contribution in [0.25, 0.3) is 0 Å². The van der Waals surface area contributed by atoms with Crippen molar-refractivity contribution < 1.29 is 14.3 Å². The Balaban J connectivity index is 1.58. The summed E-state index contributed by atoms with van der Waals surface area (Å²) in [6.45, 7) is 8.68. The molecule has 1 heterocycles. The van der Waals surface area contributed by atoms with Gasteiger partial charge >= 0.3 is 0 Å². The second-order valence-electron chi connectivity index (χ2n) is 10.2. The van der Waals surface area contributed by atoms with E-state index in [4.69, 9.17) is 9.47 Å². The zero-order chi connectivity index (χ0) is 22.2. The number of carbonyl (C=O) groups excluding carboxylic acids is 1. The molecule has 172 valence electrons. The Morgan fingerprint density at radius 2 is 1.87 bits per heavy atom. The van der Waals surface area contributed by atoms with Crippen molar-refractivity contribution in [2.45, 2.75) is 83.2 Å². The van der Waals surface area contributed by atoms with Crippen LogP contribution in [0.4, 0.5) is 0 Å². The molecule has 1 aliphatic heterocycles. The van der Waals surface area contributed by atoms with E-state index >= 15 is 0 Å². The van der Waals surface area contributed by atoms with Gasteiger partial charge in [0.2, 0.25) is 5.91 Å². The first-order chi connectivity index (χ1) is 14.9. The maximum absolute atomic E-state index is 11.9. The Bertz CT molecular complexity index is 800. The molecule has 1 amide bonds. The van der Waals surface area contributed by atoms with Gasteiger partial charge in [-0.05, 0) is 86.7 Å². The molecule has 0 radical (unpaired) electrons. The zero-order valence-corrected chi connectivity index (χ0v) is 20.0. The molecule has 5 nitrogen and oxygen atoms in total. The Morgan fingerprint density at radius 3 is 2.42 bits per heavy atom. The Kier molecular flexibility index (Phi) is 6.52. The van der Waals surface area contributed by atoms with Gasteiger partial charge in [-0.15, -0.1) is 0 Å². The number of hydrogen-bond donors (Lipinski definition) is 1. The second-order valence-corrected chi connectivity index (χ2v) is 10.2. The number of rotatable bonds is 6. The molecule has 4 rings (SSSR count). The minimum Gasteiger partial charge on any atom is -0.493 e. The van der Waals surface area contributed by atoms with Gasteiger partial charge in [-0.1, -0.05) is 20.3 Å². The lowest BCUT2D eigenvalue weighted by atomic mass is 9.73. The second kappa shape index (κ2) is 9.01. The van der Waals surface area contributed by atoms with E-state index in [1.165, 1.54) is 36.8 Å². The molecule has 5 heteroatoms. The maximum Gasteiger partial charge on any atom is 0.217 e. The largest absolute Gasteiger partial charge is 0.493 e. The highest BCUT2D eigenvalue weighted by molar-refractivity contribution is 5.74. The van der Waals surface area contributed by atoms with Crippen LogP contribution < -0.4 is 14.8 Å². The van der Waals surface area contributed by atoms with Crippen molar-refractivity contribution in [1.29, 1.82) is 0 Å². The molecular formula is C26H40N2O3. The van der Waals surface area contributed by atoms with Gasteiger partial charge in [0.15, 0.2) is 11.5 Å². The first kappa shape index (κ1) is 22.4. The van der Waals surface area contributed by atoms with Gasteiger partial charge in [0.1, 0.15) is 0 Å². The summed E-state index contributed by atoms with van der Waals surface area (Å²) in [5.41, 5.74) is 2.67. The Labute approximate surface area is 187 Å². The fourth-order valence-electron chi connectivity index (χ4n) is 6.87. The van der Waals surface area contributed by atoms with Gasteiger partial charge < -0.3 is 19.7 Å². The molecule has 1 saturated carbocycles. The number of amides is 1. The van der Waals surface area contributed by atoms with Crippen molar-refractivity contribution in [1.82, 2.24) is 10.2 Å². The molecule has 1 spiro atoms. The fraction of sp³-hybridized carbons (Fsp3) is 0.731. The third-order valence-electron chi connectivity index (χ3n) is 8.40. The highest BCUT2D eigenvalue weighted by atomic mass is 16.5. The number of hydrogen-bond acceptors (Lipinski definition) is 4. The van der Waals surface area contributed by atoms with Crippen LogP contribution in [0.3, 0.4) is 0 Å². The van der Waals surface area contributed by atoms with Crippen molar-refractivity contribution in [3.05, 3.63) is 23.3 Å². The van der Waals surface area contributed by atoms with Crippen molar-refractivity contribution in [2.24, 2.45) is 11.8 Å². The SMILES string of the molecule is CC[C@@H]([C@@H]1CCC(C)C1)N1CCC2(CC1)C[C@H](NC(C)=O)c1cc(OC)c(OC)cc12. The Morgan fingerprint density at radius 1 is 1.19 bits per heavy atom. The van der Waals surface area contributed by atoms with E-state index < -0.39 is 0 Å². The number of benzene rings is 1. The standard InChI is InChI=1S/C26H40N2O3/c1-6-23(19-8-7-17(2)13-19)28-11-9-26(10-12-28)16-22(27-18(3)29)20-14-24(30-4)25(31-5)15-21(20)26/h14-15,17,19,22-23H,6-13,16H2,1-5H3,(H,27,29)/t17?,19-,22+,23+/m1/s1. The summed E-state index contributed by atoms with van der Waals surface area (Å²) < 4.78 is 11.2. The average molecular weight is 429 g/mol. The van der Waals surface area contributed by atoms with Gasteiger partial charge in [0.05, 0.1) is 20.3 Å². The summed E-state index contributed by atoms with van der Waals surface area (Å²) in [5, 5.41) is 3.20. The minimum absolute atomic E-state index is 0.0293. The number of likely N-dealkylation sites (tertiary alicyclic amines) is 1. The molecule has 0 bridgehead atoms. The molecule has 0 aromatic heterocycles. The molecular weight excluding hydrogens is 388 g/mol. The van der Waals surface area contributed by atoms with E-state index in [1.807, 2.05) is 0 Å². The number of piperidine rings is 1. The number of nitrogens with zero attached hydrogens (tertiary/aromatic N) is 1. The molecule has 1 saturated heterocycles. The number of fused-ring (bicyclic) bond motifs is 2. The van der Waals surface area contributed by atoms with Gasteiger partial charge in [0, 0.05) is 18.4 Å². The monoisotopic (exact) mass is 428 g/mol. The third-order valence-corrected chi connectivity index (χ3v) is 8.40. The van der Waals surface area contributed by atoms with Gasteiger partial charge in [-0.3, -0.25) is 4.79 Å². The highest BCUT2D eigenvalue weighted by Crippen LogP contribution is 2.54. The van der Waals surface area contributed by atoms with Crippen LogP contribution in [0.2, 0.25) is 0 Å². The van der Waals surface area contributed by atoms with Crippen molar-refractivity contribution in [3.63, 3.8) is 0 Å². The summed E-state index contributed by atoms with van der Waals surface area (Å²) in [6.07, 6.45) is 8.70. The van der Waals surface area contributed by atoms with Crippen LogP contribution in [0.5, 0.6) is 11.5 Å². The molecule has 4 atom stereocenters.